The number of nitrogens with one attached hydrogen (secondary N) is 1. The molecule has 0 saturated carbocycles. The molecule has 1 rings (SSSR count). The minimum atomic E-state index is -5.13. The summed E-state index contributed by atoms with van der Waals surface area (Å²) >= 11 is 0. The van der Waals surface area contributed by atoms with E-state index in [1.165, 1.54) is 173 Å². The average Bonchev–Trinajstić information content (AvgIpc) is 3.32. The maximum atomic E-state index is 13.2. The van der Waals surface area contributed by atoms with Gasteiger partial charge in [-0.1, -0.05) is 237 Å². The predicted octanol–water partition coefficient (Wildman–Crippen LogP) is 11.6. The lowest BCUT2D eigenvalue weighted by atomic mass is 9.99. The monoisotopic (exact) mass is 1000 g/mol. The second-order valence-electron chi connectivity index (χ2n) is 19.7. The number of hydrogen-bond acceptors (Lipinski definition) is 11. The molecule has 0 bridgehead atoms. The van der Waals surface area contributed by atoms with Gasteiger partial charge in [0, 0.05) is 0 Å². The van der Waals surface area contributed by atoms with Gasteiger partial charge in [-0.25, -0.2) is 4.18 Å². The average molecular weight is 1000 g/mol. The summed E-state index contributed by atoms with van der Waals surface area (Å²) in [6.07, 6.45) is 43.7. The molecule has 1 heterocycles. The van der Waals surface area contributed by atoms with Crippen molar-refractivity contribution in [1.82, 2.24) is 5.32 Å². The van der Waals surface area contributed by atoms with E-state index in [0.717, 1.165) is 44.9 Å². The van der Waals surface area contributed by atoms with Crippen LogP contribution in [0.4, 0.5) is 0 Å². The first kappa shape index (κ1) is 65.3. The molecule has 13 nitrogen and oxygen atoms in total. The highest BCUT2D eigenvalue weighted by Crippen LogP contribution is 2.26. The molecule has 1 fully saturated rings. The lowest BCUT2D eigenvalue weighted by molar-refractivity contribution is -0.298. The number of carbonyl (C=O) groups excluding carboxylic acids is 1. The Morgan fingerprint density at radius 2 is 0.971 bits per heavy atom. The zero-order valence-electron chi connectivity index (χ0n) is 43.5. The molecule has 8 unspecified atom stereocenters. The molecule has 14 heteroatoms. The van der Waals surface area contributed by atoms with Crippen molar-refractivity contribution in [1.29, 1.82) is 0 Å². The lowest BCUT2D eigenvalue weighted by Crippen LogP contribution is -2.61. The van der Waals surface area contributed by atoms with Gasteiger partial charge in [-0.05, 0) is 44.9 Å². The normalized spacial score (nSPS) is 20.4. The Hall–Kier alpha value is -1.72. The maximum absolute atomic E-state index is 13.2. The molecule has 0 aromatic carbocycles. The molecular weight excluding hydrogens is 899 g/mol. The molecule has 1 aliphatic rings. The maximum Gasteiger partial charge on any atom is 0.397 e. The van der Waals surface area contributed by atoms with E-state index < -0.39 is 78.5 Å². The Balaban J connectivity index is 2.48. The number of allylic oxidation sites excluding steroid dienone is 5. The summed E-state index contributed by atoms with van der Waals surface area (Å²) < 4.78 is 47.7. The largest absolute Gasteiger partial charge is 0.397 e. The summed E-state index contributed by atoms with van der Waals surface area (Å²) in [5, 5.41) is 55.5. The van der Waals surface area contributed by atoms with E-state index in [9.17, 15) is 43.3 Å². The zero-order chi connectivity index (χ0) is 50.6. The quantitative estimate of drug-likeness (QED) is 0.0172. The Labute approximate surface area is 420 Å². The molecule has 0 aromatic rings. The van der Waals surface area contributed by atoms with Crippen molar-refractivity contribution in [3.05, 3.63) is 36.5 Å². The van der Waals surface area contributed by atoms with Crippen molar-refractivity contribution in [2.45, 2.75) is 294 Å². The van der Waals surface area contributed by atoms with Gasteiger partial charge in [0.15, 0.2) is 6.29 Å². The van der Waals surface area contributed by atoms with E-state index in [1.807, 2.05) is 0 Å². The van der Waals surface area contributed by atoms with Gasteiger partial charge in [0.1, 0.15) is 30.5 Å². The number of rotatable bonds is 48. The van der Waals surface area contributed by atoms with Crippen LogP contribution in [-0.4, -0.2) is 107 Å². The van der Waals surface area contributed by atoms with Crippen molar-refractivity contribution < 1.29 is 57.0 Å². The fraction of sp³-hybridized carbons (Fsp3) is 0.873. The fourth-order valence-corrected chi connectivity index (χ4v) is 9.36. The van der Waals surface area contributed by atoms with Crippen LogP contribution >= 0.6 is 0 Å². The third-order valence-electron chi connectivity index (χ3n) is 13.3. The second kappa shape index (κ2) is 44.9. The van der Waals surface area contributed by atoms with Crippen LogP contribution < -0.4 is 5.32 Å². The third-order valence-corrected chi connectivity index (χ3v) is 13.7. The molecule has 0 spiro atoms. The summed E-state index contributed by atoms with van der Waals surface area (Å²) in [4.78, 5) is 13.2. The Kier molecular flexibility index (Phi) is 42.5. The number of aliphatic hydroxyl groups excluding tert-OH is 5. The van der Waals surface area contributed by atoms with Crippen LogP contribution in [0.1, 0.15) is 245 Å². The number of amides is 1. The molecule has 0 aromatic heterocycles. The molecular formula is C55H103NO12S. The van der Waals surface area contributed by atoms with Crippen LogP contribution in [0.3, 0.4) is 0 Å². The van der Waals surface area contributed by atoms with Crippen LogP contribution in [0.25, 0.3) is 0 Å². The van der Waals surface area contributed by atoms with E-state index in [4.69, 9.17) is 9.47 Å². The molecule has 69 heavy (non-hydrogen) atoms. The summed E-state index contributed by atoms with van der Waals surface area (Å²) in [7, 11) is -5.13. The Morgan fingerprint density at radius 3 is 1.39 bits per heavy atom. The van der Waals surface area contributed by atoms with Gasteiger partial charge in [0.2, 0.25) is 5.91 Å². The number of hydrogen-bond donors (Lipinski definition) is 7. The van der Waals surface area contributed by atoms with Crippen LogP contribution in [0.15, 0.2) is 36.5 Å². The first-order valence-electron chi connectivity index (χ1n) is 28.0. The molecule has 8 atom stereocenters. The zero-order valence-corrected chi connectivity index (χ0v) is 44.3. The van der Waals surface area contributed by atoms with E-state index in [2.05, 4.69) is 47.7 Å². The summed E-state index contributed by atoms with van der Waals surface area (Å²) in [5.74, 6) is -0.712. The van der Waals surface area contributed by atoms with Crippen molar-refractivity contribution in [2.75, 3.05) is 13.2 Å². The van der Waals surface area contributed by atoms with Gasteiger partial charge < -0.3 is 40.3 Å². The second-order valence-corrected chi connectivity index (χ2v) is 20.7. The highest BCUT2D eigenvalue weighted by Gasteiger charge is 2.48. The SMILES string of the molecule is CCCCCCCCCCC/C=C/CC/C=C/CC/C=C/C(O)C(COC1OC(CO)C(O)C(OS(=O)(=O)O)C1O)NC(=O)C(O)CCCCCCCCCCCCCCCCCCCCCCC. The van der Waals surface area contributed by atoms with Gasteiger partial charge in [0.25, 0.3) is 0 Å². The van der Waals surface area contributed by atoms with E-state index in [-0.39, 0.29) is 6.42 Å². The van der Waals surface area contributed by atoms with Crippen molar-refractivity contribution in [3.8, 4) is 0 Å². The van der Waals surface area contributed by atoms with Gasteiger partial charge in [-0.15, -0.1) is 0 Å². The topological polar surface area (TPSA) is 212 Å². The number of carbonyl (C=O) groups is 1. The van der Waals surface area contributed by atoms with Gasteiger partial charge in [0.05, 0.1) is 25.4 Å². The lowest BCUT2D eigenvalue weighted by Gasteiger charge is -2.41. The van der Waals surface area contributed by atoms with Crippen LogP contribution in [-0.2, 0) is 28.9 Å². The minimum Gasteiger partial charge on any atom is -0.394 e. The van der Waals surface area contributed by atoms with Crippen LogP contribution in [0, 0.1) is 0 Å². The van der Waals surface area contributed by atoms with E-state index in [0.29, 0.717) is 12.8 Å². The smallest absolute Gasteiger partial charge is 0.394 e. The van der Waals surface area contributed by atoms with Gasteiger partial charge in [-0.2, -0.15) is 8.42 Å². The van der Waals surface area contributed by atoms with Crippen molar-refractivity contribution in [2.24, 2.45) is 0 Å². The molecule has 0 aliphatic carbocycles. The van der Waals surface area contributed by atoms with Crippen LogP contribution in [0.5, 0.6) is 0 Å². The molecule has 1 saturated heterocycles. The predicted molar refractivity (Wildman–Crippen MR) is 279 cm³/mol. The van der Waals surface area contributed by atoms with E-state index >= 15 is 0 Å². The Bertz CT molecular complexity index is 1380. The highest BCUT2D eigenvalue weighted by atomic mass is 32.3. The molecule has 1 amide bonds. The summed E-state index contributed by atoms with van der Waals surface area (Å²) in [6.45, 7) is 3.23. The standard InChI is InChI=1S/C55H103NO12S/c1-3-5-7-9-11-13-15-17-19-21-23-24-26-28-30-32-34-36-38-40-42-44-49(59)54(62)56-47(46-66-55-52(61)53(68-69(63,64)65)51(60)50(45-57)67-55)48(58)43-41-39-37-35-33-31-29-27-25-22-20-18-16-14-12-10-8-6-4-2/h25,27,33,35,41,43,47-53,55,57-61H,3-24,26,28-32,34,36-40,42,44-46H2,1-2H3,(H,56,62)(H,63,64,65)/b27-25+,35-33+,43-41+. The van der Waals surface area contributed by atoms with Gasteiger partial charge >= 0.3 is 10.4 Å². The summed E-state index contributed by atoms with van der Waals surface area (Å²) in [6, 6.07) is -1.14. The first-order valence-corrected chi connectivity index (χ1v) is 29.3. The van der Waals surface area contributed by atoms with Gasteiger partial charge in [-0.3, -0.25) is 9.35 Å². The minimum absolute atomic E-state index is 0.237. The van der Waals surface area contributed by atoms with Crippen LogP contribution in [0.2, 0.25) is 0 Å². The van der Waals surface area contributed by atoms with E-state index in [1.54, 1.807) is 6.08 Å². The first-order chi connectivity index (χ1) is 33.4. The van der Waals surface area contributed by atoms with Crippen molar-refractivity contribution in [3.63, 3.8) is 0 Å². The number of unbranched alkanes of at least 4 members (excludes halogenated alkanes) is 31. The number of ether oxygens (including phenoxy) is 2. The van der Waals surface area contributed by atoms with Crippen molar-refractivity contribution >= 4 is 16.3 Å². The molecule has 1 aliphatic heterocycles. The molecule has 0 radical (unpaired) electrons. The third kappa shape index (κ3) is 36.8. The Morgan fingerprint density at radius 1 is 0.580 bits per heavy atom. The molecule has 406 valence electrons. The molecule has 7 N–H and O–H groups in total. The number of aliphatic hydroxyl groups is 5. The highest BCUT2D eigenvalue weighted by molar-refractivity contribution is 7.80. The summed E-state index contributed by atoms with van der Waals surface area (Å²) in [5.41, 5.74) is 0. The fourth-order valence-electron chi connectivity index (χ4n) is 8.85.